The Morgan fingerprint density at radius 2 is 1.88 bits per heavy atom. The van der Waals surface area contributed by atoms with E-state index >= 15 is 0 Å². The van der Waals surface area contributed by atoms with Gasteiger partial charge in [0, 0.05) is 23.2 Å². The molecule has 1 aliphatic carbocycles. The fraction of sp³-hybridized carbons (Fsp3) is 0.318. The van der Waals surface area contributed by atoms with Gasteiger partial charge in [0.2, 0.25) is 0 Å². The van der Waals surface area contributed by atoms with E-state index in [0.717, 1.165) is 18.4 Å². The molecule has 0 saturated heterocycles. The van der Waals surface area contributed by atoms with Gasteiger partial charge in [-0.3, -0.25) is 14.5 Å². The lowest BCUT2D eigenvalue weighted by Gasteiger charge is -2.21. The molecule has 0 unspecified atom stereocenters. The minimum atomic E-state index is -4.45. The lowest BCUT2D eigenvalue weighted by atomic mass is 10.1. The molecule has 1 amide bonds. The maximum Gasteiger partial charge on any atom is 0.405 e. The summed E-state index contributed by atoms with van der Waals surface area (Å²) in [5.74, 6) is -0.246. The molecule has 2 N–H and O–H groups in total. The van der Waals surface area contributed by atoms with Gasteiger partial charge in [0.1, 0.15) is 12.4 Å². The summed E-state index contributed by atoms with van der Waals surface area (Å²) >= 11 is 6.03. The highest BCUT2D eigenvalue weighted by atomic mass is 35.5. The SMILES string of the molecule is O=C(NCC(F)(F)F)c1ccc(CN(Cc2nc3cc(Cl)ccc3c(=O)[nH]2)C2CC2)cc1. The third-order valence-electron chi connectivity index (χ3n) is 5.18. The standard InChI is InChI=1S/C22H20ClF3N4O2/c23-15-5-8-17-18(9-15)28-19(29-21(17)32)11-30(16-6-7-16)10-13-1-3-14(4-2-13)20(31)27-12-22(24,25)26/h1-5,8-9,16H,6-7,10-12H2,(H,27,31)(H,28,29,32). The zero-order valence-corrected chi connectivity index (χ0v) is 17.6. The smallest absolute Gasteiger partial charge is 0.343 e. The number of hydrogen-bond donors (Lipinski definition) is 2. The van der Waals surface area contributed by atoms with Crippen molar-refractivity contribution in [2.45, 2.75) is 38.1 Å². The fourth-order valence-electron chi connectivity index (χ4n) is 3.46. The van der Waals surface area contributed by atoms with Gasteiger partial charge in [-0.2, -0.15) is 13.2 Å². The first-order chi connectivity index (χ1) is 15.2. The number of rotatable bonds is 7. The number of hydrogen-bond acceptors (Lipinski definition) is 4. The van der Waals surface area contributed by atoms with Crippen molar-refractivity contribution in [2.75, 3.05) is 6.54 Å². The van der Waals surface area contributed by atoms with Gasteiger partial charge < -0.3 is 10.3 Å². The minimum Gasteiger partial charge on any atom is -0.343 e. The number of aromatic nitrogens is 2. The molecular weight excluding hydrogens is 445 g/mol. The maximum absolute atomic E-state index is 12.4. The molecule has 0 atom stereocenters. The first-order valence-electron chi connectivity index (χ1n) is 10.0. The summed E-state index contributed by atoms with van der Waals surface area (Å²) in [4.78, 5) is 33.8. The molecule has 0 aliphatic heterocycles. The van der Waals surface area contributed by atoms with E-state index in [2.05, 4.69) is 14.9 Å². The van der Waals surface area contributed by atoms with Crippen molar-refractivity contribution < 1.29 is 18.0 Å². The van der Waals surface area contributed by atoms with E-state index in [1.807, 2.05) is 5.32 Å². The lowest BCUT2D eigenvalue weighted by Crippen LogP contribution is -2.33. The number of benzene rings is 2. The average Bonchev–Trinajstić information content (AvgIpc) is 3.56. The van der Waals surface area contributed by atoms with Gasteiger partial charge in [-0.05, 0) is 48.7 Å². The largest absolute Gasteiger partial charge is 0.405 e. The van der Waals surface area contributed by atoms with E-state index in [-0.39, 0.29) is 11.1 Å². The quantitative estimate of drug-likeness (QED) is 0.553. The highest BCUT2D eigenvalue weighted by Crippen LogP contribution is 2.29. The Kier molecular flexibility index (Phi) is 6.21. The number of H-pyrrole nitrogens is 1. The van der Waals surface area contributed by atoms with Crippen LogP contribution in [0.25, 0.3) is 10.9 Å². The zero-order chi connectivity index (χ0) is 22.9. The second-order valence-electron chi connectivity index (χ2n) is 7.81. The van der Waals surface area contributed by atoms with Gasteiger partial charge in [0.25, 0.3) is 11.5 Å². The van der Waals surface area contributed by atoms with Crippen molar-refractivity contribution in [3.63, 3.8) is 0 Å². The molecule has 0 spiro atoms. The van der Waals surface area contributed by atoms with Crippen molar-refractivity contribution in [2.24, 2.45) is 0 Å². The fourth-order valence-corrected chi connectivity index (χ4v) is 3.63. The summed E-state index contributed by atoms with van der Waals surface area (Å²) in [6.45, 7) is -0.395. The predicted octanol–water partition coefficient (Wildman–Crippen LogP) is 4.03. The molecule has 2 aromatic carbocycles. The van der Waals surface area contributed by atoms with Crippen LogP contribution >= 0.6 is 11.6 Å². The molecule has 10 heteroatoms. The molecule has 0 radical (unpaired) electrons. The highest BCUT2D eigenvalue weighted by Gasteiger charge is 2.30. The number of fused-ring (bicyclic) bond motifs is 1. The summed E-state index contributed by atoms with van der Waals surface area (Å²) in [6, 6.07) is 11.7. The molecule has 168 valence electrons. The van der Waals surface area contributed by atoms with E-state index in [1.54, 1.807) is 30.3 Å². The van der Waals surface area contributed by atoms with Crippen LogP contribution in [0.4, 0.5) is 13.2 Å². The molecule has 0 bridgehead atoms. The Morgan fingerprint density at radius 3 is 2.53 bits per heavy atom. The van der Waals surface area contributed by atoms with Gasteiger partial charge in [-0.1, -0.05) is 23.7 Å². The summed E-state index contributed by atoms with van der Waals surface area (Å²) < 4.78 is 36.8. The van der Waals surface area contributed by atoms with Gasteiger partial charge >= 0.3 is 6.18 Å². The molecule has 4 rings (SSSR count). The summed E-state index contributed by atoms with van der Waals surface area (Å²) in [7, 11) is 0. The molecule has 1 aliphatic rings. The van der Waals surface area contributed by atoms with E-state index < -0.39 is 18.6 Å². The number of halogens is 4. The number of nitrogens with one attached hydrogen (secondary N) is 2. The number of amides is 1. The van der Waals surface area contributed by atoms with E-state index in [1.165, 1.54) is 12.1 Å². The first-order valence-corrected chi connectivity index (χ1v) is 10.4. The normalized spacial score (nSPS) is 14.2. The maximum atomic E-state index is 12.4. The van der Waals surface area contributed by atoms with Crippen LogP contribution in [0.3, 0.4) is 0 Å². The van der Waals surface area contributed by atoms with Gasteiger partial charge in [0.05, 0.1) is 17.4 Å². The molecule has 1 fully saturated rings. The second-order valence-corrected chi connectivity index (χ2v) is 8.24. The Morgan fingerprint density at radius 1 is 1.16 bits per heavy atom. The zero-order valence-electron chi connectivity index (χ0n) is 16.9. The van der Waals surface area contributed by atoms with Crippen LogP contribution in [-0.2, 0) is 13.1 Å². The molecule has 1 heterocycles. The third-order valence-corrected chi connectivity index (χ3v) is 5.42. The Bertz CT molecular complexity index is 1190. The van der Waals surface area contributed by atoms with Crippen LogP contribution < -0.4 is 10.9 Å². The number of alkyl halides is 3. The Balaban J connectivity index is 1.46. The molecule has 6 nitrogen and oxygen atoms in total. The van der Waals surface area contributed by atoms with Crippen LogP contribution in [0.1, 0.15) is 34.6 Å². The molecule has 3 aromatic rings. The number of carbonyl (C=O) groups is 1. The molecule has 1 saturated carbocycles. The Hall–Kier alpha value is -2.91. The van der Waals surface area contributed by atoms with Crippen molar-refractivity contribution in [3.05, 3.63) is 74.8 Å². The molecular formula is C22H20ClF3N4O2. The van der Waals surface area contributed by atoms with Crippen LogP contribution in [0.5, 0.6) is 0 Å². The van der Waals surface area contributed by atoms with E-state index in [0.29, 0.717) is 40.9 Å². The second kappa shape index (κ2) is 8.91. The predicted molar refractivity (Wildman–Crippen MR) is 114 cm³/mol. The van der Waals surface area contributed by atoms with E-state index in [4.69, 9.17) is 11.6 Å². The van der Waals surface area contributed by atoms with Crippen LogP contribution in [0.2, 0.25) is 5.02 Å². The van der Waals surface area contributed by atoms with Gasteiger partial charge in [-0.15, -0.1) is 0 Å². The summed E-state index contributed by atoms with van der Waals surface area (Å²) in [6.07, 6.45) is -2.40. The van der Waals surface area contributed by atoms with Crippen molar-refractivity contribution in [1.29, 1.82) is 0 Å². The third kappa shape index (κ3) is 5.66. The molecule has 1 aromatic heterocycles. The van der Waals surface area contributed by atoms with Crippen LogP contribution in [0.15, 0.2) is 47.3 Å². The number of carbonyl (C=O) groups excluding carboxylic acids is 1. The highest BCUT2D eigenvalue weighted by molar-refractivity contribution is 6.31. The molecule has 32 heavy (non-hydrogen) atoms. The first kappa shape index (κ1) is 22.3. The van der Waals surface area contributed by atoms with E-state index in [9.17, 15) is 22.8 Å². The number of aromatic amines is 1. The lowest BCUT2D eigenvalue weighted by molar-refractivity contribution is -0.123. The van der Waals surface area contributed by atoms with Crippen LogP contribution in [0, 0.1) is 0 Å². The topological polar surface area (TPSA) is 78.1 Å². The van der Waals surface area contributed by atoms with Crippen molar-refractivity contribution >= 4 is 28.4 Å². The van der Waals surface area contributed by atoms with Gasteiger partial charge in [-0.25, -0.2) is 4.98 Å². The van der Waals surface area contributed by atoms with Crippen LogP contribution in [-0.4, -0.2) is 39.5 Å². The average molecular weight is 465 g/mol. The summed E-state index contributed by atoms with van der Waals surface area (Å²) in [5.41, 5.74) is 1.36. The number of nitrogens with zero attached hydrogens (tertiary/aromatic N) is 2. The van der Waals surface area contributed by atoms with Gasteiger partial charge in [0.15, 0.2) is 0 Å². The van der Waals surface area contributed by atoms with Crippen molar-refractivity contribution in [1.82, 2.24) is 20.2 Å². The summed E-state index contributed by atoms with van der Waals surface area (Å²) in [5, 5.41) is 2.83. The minimum absolute atomic E-state index is 0.161. The van der Waals surface area contributed by atoms with Crippen molar-refractivity contribution in [3.8, 4) is 0 Å². The Labute approximate surface area is 186 Å². The monoisotopic (exact) mass is 464 g/mol.